The summed E-state index contributed by atoms with van der Waals surface area (Å²) in [6.07, 6.45) is 3.47. The number of hydrogen-bond donors (Lipinski definition) is 1. The van der Waals surface area contributed by atoms with E-state index in [1.54, 1.807) is 6.07 Å². The lowest BCUT2D eigenvalue weighted by molar-refractivity contribution is 0.123. The van der Waals surface area contributed by atoms with E-state index < -0.39 is 6.16 Å². The molecule has 4 nitrogen and oxygen atoms in total. The molecule has 0 saturated heterocycles. The predicted molar refractivity (Wildman–Crippen MR) is 98.3 cm³/mol. The number of ether oxygens (including phenoxy) is 2. The average molecular weight is 368 g/mol. The lowest BCUT2D eigenvalue weighted by atomic mass is 10.1. The number of thiophene rings is 1. The molecule has 0 spiro atoms. The van der Waals surface area contributed by atoms with E-state index in [0.29, 0.717) is 5.06 Å². The topological polar surface area (TPSA) is 47.6 Å². The Bertz CT molecular complexity index is 645. The second-order valence-electron chi connectivity index (χ2n) is 5.36. The minimum absolute atomic E-state index is 0.575. The van der Waals surface area contributed by atoms with Gasteiger partial charge in [-0.15, -0.1) is 11.3 Å². The molecule has 2 rings (SSSR count). The second kappa shape index (κ2) is 10.3. The molecule has 0 bridgehead atoms. The van der Waals surface area contributed by atoms with Gasteiger partial charge in [-0.1, -0.05) is 23.7 Å². The van der Waals surface area contributed by atoms with Crippen LogP contribution in [0.4, 0.5) is 4.79 Å². The SMILES string of the molecule is COC(=O)Oc1ccc(CCCNCCCc2cccc(Cl)c2)s1. The van der Waals surface area contributed by atoms with Crippen molar-refractivity contribution in [3.63, 3.8) is 0 Å². The van der Waals surface area contributed by atoms with Gasteiger partial charge in [0.2, 0.25) is 0 Å². The molecule has 0 aliphatic rings. The Morgan fingerprint density at radius 1 is 1.17 bits per heavy atom. The van der Waals surface area contributed by atoms with Gasteiger partial charge in [-0.3, -0.25) is 0 Å². The molecule has 0 radical (unpaired) electrons. The van der Waals surface area contributed by atoms with E-state index in [0.717, 1.165) is 43.8 Å². The van der Waals surface area contributed by atoms with Crippen LogP contribution in [0, 0.1) is 0 Å². The van der Waals surface area contributed by atoms with Gasteiger partial charge in [-0.2, -0.15) is 0 Å². The maximum atomic E-state index is 11.0. The van der Waals surface area contributed by atoms with E-state index in [1.165, 1.54) is 28.9 Å². The van der Waals surface area contributed by atoms with Crippen LogP contribution >= 0.6 is 22.9 Å². The second-order valence-corrected chi connectivity index (χ2v) is 6.93. The van der Waals surface area contributed by atoms with Gasteiger partial charge in [0, 0.05) is 9.90 Å². The monoisotopic (exact) mass is 367 g/mol. The zero-order chi connectivity index (χ0) is 17.2. The summed E-state index contributed by atoms with van der Waals surface area (Å²) in [7, 11) is 1.30. The first kappa shape index (κ1) is 18.8. The fourth-order valence-electron chi connectivity index (χ4n) is 2.29. The molecule has 130 valence electrons. The van der Waals surface area contributed by atoms with Gasteiger partial charge in [0.05, 0.1) is 7.11 Å². The van der Waals surface area contributed by atoms with Crippen molar-refractivity contribution in [2.24, 2.45) is 0 Å². The fraction of sp³-hybridized carbons (Fsp3) is 0.389. The molecule has 0 atom stereocenters. The van der Waals surface area contributed by atoms with Crippen molar-refractivity contribution in [2.45, 2.75) is 25.7 Å². The van der Waals surface area contributed by atoms with Crippen molar-refractivity contribution in [1.29, 1.82) is 0 Å². The lowest BCUT2D eigenvalue weighted by Crippen LogP contribution is -2.17. The van der Waals surface area contributed by atoms with Gasteiger partial charge in [0.1, 0.15) is 0 Å². The predicted octanol–water partition coefficient (Wildman–Crippen LogP) is 4.70. The molecule has 0 aliphatic heterocycles. The maximum Gasteiger partial charge on any atom is 0.514 e. The quantitative estimate of drug-likeness (QED) is 0.515. The Balaban J connectivity index is 1.54. The molecule has 1 aromatic carbocycles. The Kier molecular flexibility index (Phi) is 8.08. The highest BCUT2D eigenvalue weighted by Crippen LogP contribution is 2.25. The molecule has 2 aromatic rings. The molecule has 0 amide bonds. The van der Waals surface area contributed by atoms with Crippen molar-refractivity contribution < 1.29 is 14.3 Å². The molecule has 1 aromatic heterocycles. The van der Waals surface area contributed by atoms with E-state index in [1.807, 2.05) is 24.3 Å². The van der Waals surface area contributed by atoms with Crippen LogP contribution in [0.3, 0.4) is 0 Å². The largest absolute Gasteiger partial charge is 0.514 e. The molecule has 0 saturated carbocycles. The third-order valence-electron chi connectivity index (χ3n) is 3.47. The van der Waals surface area contributed by atoms with Crippen molar-refractivity contribution >= 4 is 29.1 Å². The van der Waals surface area contributed by atoms with Crippen LogP contribution in [-0.4, -0.2) is 26.4 Å². The van der Waals surface area contributed by atoms with E-state index in [-0.39, 0.29) is 0 Å². The molecule has 1 heterocycles. The Labute approximate surface area is 151 Å². The summed E-state index contributed by atoms with van der Waals surface area (Å²) in [6, 6.07) is 11.8. The number of carbonyl (C=O) groups excluding carboxylic acids is 1. The van der Waals surface area contributed by atoms with Gasteiger partial charge in [-0.25, -0.2) is 4.79 Å². The third kappa shape index (κ3) is 6.91. The maximum absolute atomic E-state index is 11.0. The van der Waals surface area contributed by atoms with Gasteiger partial charge >= 0.3 is 6.16 Å². The van der Waals surface area contributed by atoms with Crippen molar-refractivity contribution in [1.82, 2.24) is 5.32 Å². The normalized spacial score (nSPS) is 10.6. The highest BCUT2D eigenvalue weighted by Gasteiger charge is 2.06. The van der Waals surface area contributed by atoms with Gasteiger partial charge in [0.15, 0.2) is 5.06 Å². The van der Waals surface area contributed by atoms with Crippen LogP contribution < -0.4 is 10.1 Å². The number of aryl methyl sites for hydroxylation is 2. The summed E-state index contributed by atoms with van der Waals surface area (Å²) in [5, 5.41) is 4.83. The zero-order valence-corrected chi connectivity index (χ0v) is 15.3. The van der Waals surface area contributed by atoms with E-state index in [4.69, 9.17) is 16.3 Å². The van der Waals surface area contributed by atoms with Gasteiger partial charge in [-0.05, 0) is 68.6 Å². The first-order chi connectivity index (χ1) is 11.7. The van der Waals surface area contributed by atoms with E-state index in [2.05, 4.69) is 16.1 Å². The summed E-state index contributed by atoms with van der Waals surface area (Å²) < 4.78 is 9.45. The molecular weight excluding hydrogens is 346 g/mol. The molecule has 1 N–H and O–H groups in total. The van der Waals surface area contributed by atoms with E-state index >= 15 is 0 Å². The third-order valence-corrected chi connectivity index (χ3v) is 4.73. The first-order valence-corrected chi connectivity index (χ1v) is 9.16. The molecule has 0 aliphatic carbocycles. The fourth-order valence-corrected chi connectivity index (χ4v) is 3.39. The van der Waals surface area contributed by atoms with Crippen LogP contribution in [0.1, 0.15) is 23.3 Å². The van der Waals surface area contributed by atoms with Crippen molar-refractivity contribution in [3.05, 3.63) is 51.9 Å². The molecule has 0 unspecified atom stereocenters. The van der Waals surface area contributed by atoms with Crippen LogP contribution in [0.2, 0.25) is 5.02 Å². The Morgan fingerprint density at radius 2 is 1.96 bits per heavy atom. The van der Waals surface area contributed by atoms with Gasteiger partial charge in [0.25, 0.3) is 0 Å². The number of rotatable bonds is 9. The van der Waals surface area contributed by atoms with Crippen molar-refractivity contribution in [3.8, 4) is 5.06 Å². The number of nitrogens with one attached hydrogen (secondary N) is 1. The van der Waals surface area contributed by atoms with Crippen LogP contribution in [0.5, 0.6) is 5.06 Å². The Morgan fingerprint density at radius 3 is 2.71 bits per heavy atom. The highest BCUT2D eigenvalue weighted by molar-refractivity contribution is 7.13. The smallest absolute Gasteiger partial charge is 0.437 e. The average Bonchev–Trinajstić information content (AvgIpc) is 3.01. The zero-order valence-electron chi connectivity index (χ0n) is 13.7. The number of benzene rings is 1. The lowest BCUT2D eigenvalue weighted by Gasteiger charge is -2.05. The van der Waals surface area contributed by atoms with Crippen molar-refractivity contribution in [2.75, 3.05) is 20.2 Å². The minimum atomic E-state index is -0.676. The summed E-state index contributed by atoms with van der Waals surface area (Å²) in [6.45, 7) is 1.97. The summed E-state index contributed by atoms with van der Waals surface area (Å²) in [4.78, 5) is 12.2. The number of carbonyl (C=O) groups is 1. The first-order valence-electron chi connectivity index (χ1n) is 7.97. The van der Waals surface area contributed by atoms with Crippen LogP contribution in [-0.2, 0) is 17.6 Å². The molecular formula is C18H22ClNO3S. The Hall–Kier alpha value is -1.56. The number of methoxy groups -OCH3 is 1. The highest BCUT2D eigenvalue weighted by atomic mass is 35.5. The minimum Gasteiger partial charge on any atom is -0.437 e. The number of halogens is 1. The summed E-state index contributed by atoms with van der Waals surface area (Å²) in [5.74, 6) is 0. The summed E-state index contributed by atoms with van der Waals surface area (Å²) >= 11 is 7.45. The standard InChI is InChI=1S/C18H22ClNO3S/c1-22-18(21)23-17-10-9-16(24-17)8-4-12-20-11-3-6-14-5-2-7-15(19)13-14/h2,5,7,9-10,13,20H,3-4,6,8,11-12H2,1H3. The van der Waals surface area contributed by atoms with Crippen LogP contribution in [0.15, 0.2) is 36.4 Å². The van der Waals surface area contributed by atoms with E-state index in [9.17, 15) is 4.79 Å². The molecule has 6 heteroatoms. The van der Waals surface area contributed by atoms with Gasteiger partial charge < -0.3 is 14.8 Å². The summed E-state index contributed by atoms with van der Waals surface area (Å²) in [5.41, 5.74) is 1.28. The molecule has 24 heavy (non-hydrogen) atoms. The van der Waals surface area contributed by atoms with Crippen LogP contribution in [0.25, 0.3) is 0 Å². The number of hydrogen-bond acceptors (Lipinski definition) is 5. The molecule has 0 fully saturated rings.